The van der Waals surface area contributed by atoms with Gasteiger partial charge in [-0.15, -0.1) is 0 Å². The van der Waals surface area contributed by atoms with E-state index in [9.17, 15) is 9.90 Å². The summed E-state index contributed by atoms with van der Waals surface area (Å²) in [5.74, 6) is 0.738. The van der Waals surface area contributed by atoms with Crippen LogP contribution in [0.15, 0.2) is 12.1 Å². The molecule has 1 aromatic rings. The van der Waals surface area contributed by atoms with Crippen molar-refractivity contribution in [1.29, 1.82) is 0 Å². The number of amides is 1. The molecule has 3 aliphatic rings. The van der Waals surface area contributed by atoms with Gasteiger partial charge in [-0.05, 0) is 38.3 Å². The highest BCUT2D eigenvalue weighted by atomic mass is 16.5. The van der Waals surface area contributed by atoms with Gasteiger partial charge in [-0.2, -0.15) is 0 Å². The number of benzene rings is 1. The lowest BCUT2D eigenvalue weighted by molar-refractivity contribution is 0.00425. The lowest BCUT2D eigenvalue weighted by Gasteiger charge is -2.36. The van der Waals surface area contributed by atoms with Crippen LogP contribution in [0.25, 0.3) is 0 Å². The molecule has 2 fully saturated rings. The maximum atomic E-state index is 12.9. The Morgan fingerprint density at radius 2 is 1.97 bits per heavy atom. The van der Waals surface area contributed by atoms with Crippen molar-refractivity contribution in [3.63, 3.8) is 0 Å². The SMILES string of the molecule is Nc1cc2c(c(C(=O)NC[C@@H]3CCN(CCCOC4CCCCC4)C[C@H]3O)c1)OCCCO2. The Morgan fingerprint density at radius 3 is 2.79 bits per heavy atom. The average molecular weight is 462 g/mol. The first-order valence-electron chi connectivity index (χ1n) is 12.6. The summed E-state index contributed by atoms with van der Waals surface area (Å²) in [6.07, 6.45) is 8.92. The van der Waals surface area contributed by atoms with E-state index >= 15 is 0 Å². The molecule has 0 bridgehead atoms. The molecule has 1 saturated heterocycles. The monoisotopic (exact) mass is 461 g/mol. The fourth-order valence-corrected chi connectivity index (χ4v) is 5.04. The van der Waals surface area contributed by atoms with Crippen molar-refractivity contribution < 1.29 is 24.1 Å². The van der Waals surface area contributed by atoms with Crippen LogP contribution in [0.2, 0.25) is 0 Å². The van der Waals surface area contributed by atoms with Gasteiger partial charge < -0.3 is 35.3 Å². The summed E-state index contributed by atoms with van der Waals surface area (Å²) < 4.78 is 17.5. The Morgan fingerprint density at radius 1 is 1.15 bits per heavy atom. The molecule has 2 atom stereocenters. The zero-order valence-electron chi connectivity index (χ0n) is 19.6. The largest absolute Gasteiger partial charge is 0.489 e. The maximum Gasteiger partial charge on any atom is 0.255 e. The predicted octanol–water partition coefficient (Wildman–Crippen LogP) is 2.58. The number of aliphatic hydroxyl groups excluding tert-OH is 1. The smallest absolute Gasteiger partial charge is 0.255 e. The number of piperidine rings is 1. The summed E-state index contributed by atoms with van der Waals surface area (Å²) in [4.78, 5) is 15.2. The molecule has 8 heteroatoms. The summed E-state index contributed by atoms with van der Waals surface area (Å²) in [5, 5.41) is 13.6. The van der Waals surface area contributed by atoms with Crippen molar-refractivity contribution in [2.75, 3.05) is 51.7 Å². The maximum absolute atomic E-state index is 12.9. The Balaban J connectivity index is 1.20. The van der Waals surface area contributed by atoms with Crippen molar-refractivity contribution in [2.45, 2.75) is 63.6 Å². The van der Waals surface area contributed by atoms with E-state index in [1.54, 1.807) is 12.1 Å². The summed E-state index contributed by atoms with van der Waals surface area (Å²) in [6, 6.07) is 3.31. The Labute approximate surface area is 196 Å². The van der Waals surface area contributed by atoms with Gasteiger partial charge in [0.25, 0.3) is 5.91 Å². The lowest BCUT2D eigenvalue weighted by atomic mass is 9.93. The van der Waals surface area contributed by atoms with Gasteiger partial charge in [-0.3, -0.25) is 4.79 Å². The second kappa shape index (κ2) is 11.9. The van der Waals surface area contributed by atoms with Crippen LogP contribution in [0.4, 0.5) is 5.69 Å². The third kappa shape index (κ3) is 6.74. The standard InChI is InChI=1S/C25H39N3O5/c26-19-14-21(24-23(15-19)32-12-5-13-33-24)25(30)27-16-18-8-10-28(17-22(18)29)9-4-11-31-20-6-2-1-3-7-20/h14-15,18,20,22,29H,1-13,16-17,26H2,(H,27,30)/t18-,22+/m0/s1. The highest BCUT2D eigenvalue weighted by Crippen LogP contribution is 2.35. The van der Waals surface area contributed by atoms with E-state index in [2.05, 4.69) is 10.2 Å². The van der Waals surface area contributed by atoms with Gasteiger partial charge in [-0.25, -0.2) is 0 Å². The summed E-state index contributed by atoms with van der Waals surface area (Å²) >= 11 is 0. The third-order valence-corrected chi connectivity index (χ3v) is 6.97. The Kier molecular flexibility index (Phi) is 8.69. The number of ether oxygens (including phenoxy) is 3. The summed E-state index contributed by atoms with van der Waals surface area (Å²) in [6.45, 7) is 4.75. The first-order chi connectivity index (χ1) is 16.1. The summed E-state index contributed by atoms with van der Waals surface area (Å²) in [7, 11) is 0. The van der Waals surface area contributed by atoms with Crippen LogP contribution in [-0.2, 0) is 4.74 Å². The molecular formula is C25H39N3O5. The predicted molar refractivity (Wildman–Crippen MR) is 127 cm³/mol. The number of nitrogens with one attached hydrogen (secondary N) is 1. The highest BCUT2D eigenvalue weighted by molar-refractivity contribution is 5.98. The average Bonchev–Trinajstić information content (AvgIpc) is 3.06. The molecule has 0 spiro atoms. The van der Waals surface area contributed by atoms with Crippen molar-refractivity contribution in [2.24, 2.45) is 5.92 Å². The first-order valence-corrected chi connectivity index (χ1v) is 12.6. The number of likely N-dealkylation sites (tertiary alicyclic amines) is 1. The normalized spacial score (nSPS) is 24.3. The van der Waals surface area contributed by atoms with E-state index in [-0.39, 0.29) is 11.8 Å². The number of hydrogen-bond donors (Lipinski definition) is 3. The van der Waals surface area contributed by atoms with Crippen LogP contribution >= 0.6 is 0 Å². The molecule has 8 nitrogen and oxygen atoms in total. The van der Waals surface area contributed by atoms with Gasteiger partial charge in [0.05, 0.1) is 31.0 Å². The second-order valence-corrected chi connectivity index (χ2v) is 9.56. The van der Waals surface area contributed by atoms with Crippen LogP contribution in [0.5, 0.6) is 11.5 Å². The van der Waals surface area contributed by atoms with Gasteiger partial charge >= 0.3 is 0 Å². The van der Waals surface area contributed by atoms with Gasteiger partial charge in [0, 0.05) is 50.3 Å². The fourth-order valence-electron chi connectivity index (χ4n) is 5.04. The molecule has 1 amide bonds. The number of nitrogen functional groups attached to an aromatic ring is 1. The lowest BCUT2D eigenvalue weighted by Crippen LogP contribution is -2.48. The molecule has 33 heavy (non-hydrogen) atoms. The van der Waals surface area contributed by atoms with E-state index in [0.717, 1.165) is 39.0 Å². The van der Waals surface area contributed by atoms with E-state index in [0.29, 0.717) is 55.2 Å². The molecule has 0 aromatic heterocycles. The molecule has 1 aromatic carbocycles. The van der Waals surface area contributed by atoms with Crippen molar-refractivity contribution >= 4 is 11.6 Å². The van der Waals surface area contributed by atoms with Crippen LogP contribution < -0.4 is 20.5 Å². The van der Waals surface area contributed by atoms with Crippen LogP contribution in [0.1, 0.15) is 61.7 Å². The number of rotatable bonds is 8. The minimum absolute atomic E-state index is 0.0283. The highest BCUT2D eigenvalue weighted by Gasteiger charge is 2.29. The molecule has 4 rings (SSSR count). The molecular weight excluding hydrogens is 422 g/mol. The number of carbonyl (C=O) groups excluding carboxylic acids is 1. The molecule has 1 saturated carbocycles. The van der Waals surface area contributed by atoms with Crippen LogP contribution in [-0.4, -0.2) is 74.1 Å². The Hall–Kier alpha value is -2.03. The van der Waals surface area contributed by atoms with Gasteiger partial charge in [0.1, 0.15) is 0 Å². The Bertz CT molecular complexity index is 784. The third-order valence-electron chi connectivity index (χ3n) is 6.97. The zero-order chi connectivity index (χ0) is 23.0. The number of fused-ring (bicyclic) bond motifs is 1. The summed E-state index contributed by atoms with van der Waals surface area (Å²) in [5.41, 5.74) is 6.82. The number of anilines is 1. The number of nitrogens with zero attached hydrogens (tertiary/aromatic N) is 1. The van der Waals surface area contributed by atoms with E-state index < -0.39 is 6.10 Å². The first kappa shape index (κ1) is 24.1. The number of hydrogen-bond acceptors (Lipinski definition) is 7. The molecule has 0 radical (unpaired) electrons. The number of carbonyl (C=O) groups is 1. The second-order valence-electron chi connectivity index (χ2n) is 9.56. The van der Waals surface area contributed by atoms with Crippen LogP contribution in [0, 0.1) is 5.92 Å². The topological polar surface area (TPSA) is 106 Å². The molecule has 2 heterocycles. The molecule has 184 valence electrons. The van der Waals surface area contributed by atoms with Gasteiger partial charge in [-0.1, -0.05) is 19.3 Å². The minimum atomic E-state index is -0.462. The number of aliphatic hydroxyl groups is 1. The minimum Gasteiger partial charge on any atom is -0.489 e. The molecule has 2 aliphatic heterocycles. The number of nitrogens with two attached hydrogens (primary N) is 1. The molecule has 4 N–H and O–H groups in total. The van der Waals surface area contributed by atoms with E-state index in [4.69, 9.17) is 19.9 Å². The van der Waals surface area contributed by atoms with Crippen molar-refractivity contribution in [3.05, 3.63) is 17.7 Å². The van der Waals surface area contributed by atoms with Gasteiger partial charge in [0.15, 0.2) is 11.5 Å². The number of β-amino-alcohol motifs (C(OH)–C–C–N with tert-alkyl or cyclic N) is 1. The molecule has 0 unspecified atom stereocenters. The fraction of sp³-hybridized carbons (Fsp3) is 0.720. The van der Waals surface area contributed by atoms with E-state index in [1.807, 2.05) is 0 Å². The molecule has 1 aliphatic carbocycles. The quantitative estimate of drug-likeness (QED) is 0.404. The van der Waals surface area contributed by atoms with Crippen molar-refractivity contribution in [3.8, 4) is 11.5 Å². The van der Waals surface area contributed by atoms with E-state index in [1.165, 1.54) is 32.1 Å². The zero-order valence-corrected chi connectivity index (χ0v) is 19.6. The van der Waals surface area contributed by atoms with Crippen LogP contribution in [0.3, 0.4) is 0 Å². The van der Waals surface area contributed by atoms with Gasteiger partial charge in [0.2, 0.25) is 0 Å². The van der Waals surface area contributed by atoms with Crippen molar-refractivity contribution in [1.82, 2.24) is 10.2 Å².